The van der Waals surface area contributed by atoms with Gasteiger partial charge < -0.3 is 0 Å². The maximum Gasteiger partial charge on any atom is 0.00162 e. The van der Waals surface area contributed by atoms with E-state index in [1.165, 1.54) is 12.2 Å². The topological polar surface area (TPSA) is 0 Å². The molecule has 2 heteroatoms. The van der Waals surface area contributed by atoms with Crippen LogP contribution in [0.15, 0.2) is 0 Å². The Hall–Kier alpha value is 0.700. The standard InChI is InChI=1S/C10H22S2/c1-5-9(4)12-7-10(6-11)8(2)3/h8-11H,5-7H2,1-4H3. The number of rotatable bonds is 6. The lowest BCUT2D eigenvalue weighted by Gasteiger charge is -2.19. The molecule has 0 bridgehead atoms. The van der Waals surface area contributed by atoms with Crippen LogP contribution >= 0.6 is 24.4 Å². The van der Waals surface area contributed by atoms with E-state index >= 15 is 0 Å². The first-order chi connectivity index (χ1) is 5.61. The molecule has 0 aromatic heterocycles. The van der Waals surface area contributed by atoms with Crippen molar-refractivity contribution in [2.24, 2.45) is 11.8 Å². The average molecular weight is 206 g/mol. The molecule has 0 aliphatic carbocycles. The van der Waals surface area contributed by atoms with Crippen molar-refractivity contribution in [1.29, 1.82) is 0 Å². The number of hydrogen-bond acceptors (Lipinski definition) is 2. The van der Waals surface area contributed by atoms with Crippen LogP contribution in [0.1, 0.15) is 34.1 Å². The van der Waals surface area contributed by atoms with Gasteiger partial charge in [0, 0.05) is 5.25 Å². The summed E-state index contributed by atoms with van der Waals surface area (Å²) in [5, 5.41) is 0.811. The molecule has 2 unspecified atom stereocenters. The largest absolute Gasteiger partial charge is 0.179 e. The zero-order chi connectivity index (χ0) is 9.56. The Morgan fingerprint density at radius 2 is 1.83 bits per heavy atom. The SMILES string of the molecule is CCC(C)SCC(CS)C(C)C. The van der Waals surface area contributed by atoms with Crippen LogP contribution in [0.4, 0.5) is 0 Å². The van der Waals surface area contributed by atoms with Crippen LogP contribution in [0.25, 0.3) is 0 Å². The normalized spacial score (nSPS) is 16.5. The van der Waals surface area contributed by atoms with Crippen molar-refractivity contribution < 1.29 is 0 Å². The van der Waals surface area contributed by atoms with E-state index in [1.807, 2.05) is 0 Å². The van der Waals surface area contributed by atoms with E-state index in [-0.39, 0.29) is 0 Å². The van der Waals surface area contributed by atoms with Gasteiger partial charge in [-0.05, 0) is 29.8 Å². The lowest BCUT2D eigenvalue weighted by Crippen LogP contribution is -2.14. The number of thiol groups is 1. The molecule has 0 saturated carbocycles. The molecular formula is C10H22S2. The van der Waals surface area contributed by atoms with Gasteiger partial charge >= 0.3 is 0 Å². The summed E-state index contributed by atoms with van der Waals surface area (Å²) in [6.45, 7) is 9.14. The summed E-state index contributed by atoms with van der Waals surface area (Å²) >= 11 is 6.46. The van der Waals surface area contributed by atoms with Gasteiger partial charge in [-0.3, -0.25) is 0 Å². The van der Waals surface area contributed by atoms with Crippen LogP contribution in [-0.2, 0) is 0 Å². The van der Waals surface area contributed by atoms with Gasteiger partial charge in [0.05, 0.1) is 0 Å². The lowest BCUT2D eigenvalue weighted by molar-refractivity contribution is 0.472. The van der Waals surface area contributed by atoms with Crippen molar-refractivity contribution in [2.45, 2.75) is 39.4 Å². The van der Waals surface area contributed by atoms with Crippen molar-refractivity contribution >= 4 is 24.4 Å². The van der Waals surface area contributed by atoms with E-state index in [9.17, 15) is 0 Å². The van der Waals surface area contributed by atoms with Crippen molar-refractivity contribution in [3.05, 3.63) is 0 Å². The highest BCUT2D eigenvalue weighted by molar-refractivity contribution is 7.99. The summed E-state index contributed by atoms with van der Waals surface area (Å²) in [6, 6.07) is 0. The smallest absolute Gasteiger partial charge is 0.00162 e. The predicted octanol–water partition coefficient (Wildman–Crippen LogP) is 3.72. The Labute approximate surface area is 87.3 Å². The highest BCUT2D eigenvalue weighted by atomic mass is 32.2. The third kappa shape index (κ3) is 5.36. The molecule has 0 N–H and O–H groups in total. The summed E-state index contributed by atoms with van der Waals surface area (Å²) in [6.07, 6.45) is 1.28. The fourth-order valence-electron chi connectivity index (χ4n) is 0.862. The molecule has 0 saturated heterocycles. The first kappa shape index (κ1) is 12.7. The Bertz CT molecular complexity index is 102. The van der Waals surface area contributed by atoms with Gasteiger partial charge in [-0.1, -0.05) is 27.7 Å². The van der Waals surface area contributed by atoms with E-state index in [2.05, 4.69) is 52.1 Å². The average Bonchev–Trinajstić information content (AvgIpc) is 2.04. The zero-order valence-corrected chi connectivity index (χ0v) is 10.4. The highest BCUT2D eigenvalue weighted by Crippen LogP contribution is 2.22. The molecule has 0 fully saturated rings. The minimum absolute atomic E-state index is 0.777. The summed E-state index contributed by atoms with van der Waals surface area (Å²) in [5.41, 5.74) is 0. The second-order valence-corrected chi connectivity index (χ2v) is 5.58. The van der Waals surface area contributed by atoms with Crippen molar-refractivity contribution in [1.82, 2.24) is 0 Å². The van der Waals surface area contributed by atoms with E-state index in [0.29, 0.717) is 0 Å². The highest BCUT2D eigenvalue weighted by Gasteiger charge is 2.12. The van der Waals surface area contributed by atoms with Crippen LogP contribution in [0.5, 0.6) is 0 Å². The van der Waals surface area contributed by atoms with Crippen molar-refractivity contribution in [3.63, 3.8) is 0 Å². The Kier molecular flexibility index (Phi) is 7.55. The van der Waals surface area contributed by atoms with Gasteiger partial charge in [-0.25, -0.2) is 0 Å². The van der Waals surface area contributed by atoms with Crippen molar-refractivity contribution in [3.8, 4) is 0 Å². The molecule has 0 aromatic rings. The minimum Gasteiger partial charge on any atom is -0.179 e. The van der Waals surface area contributed by atoms with E-state index in [4.69, 9.17) is 0 Å². The molecule has 0 heterocycles. The third-order valence-corrected chi connectivity index (χ3v) is 4.34. The second-order valence-electron chi connectivity index (χ2n) is 3.74. The fourth-order valence-corrected chi connectivity index (χ4v) is 2.90. The molecule has 0 radical (unpaired) electrons. The monoisotopic (exact) mass is 206 g/mol. The molecule has 0 aromatic carbocycles. The lowest BCUT2D eigenvalue weighted by atomic mass is 10.0. The van der Waals surface area contributed by atoms with Gasteiger partial charge in [0.15, 0.2) is 0 Å². The van der Waals surface area contributed by atoms with Gasteiger partial charge in [0.2, 0.25) is 0 Å². The molecule has 0 aliphatic heterocycles. The van der Waals surface area contributed by atoms with Crippen LogP contribution in [0, 0.1) is 11.8 Å². The van der Waals surface area contributed by atoms with Crippen LogP contribution < -0.4 is 0 Å². The summed E-state index contributed by atoms with van der Waals surface area (Å²) < 4.78 is 0. The zero-order valence-electron chi connectivity index (χ0n) is 8.71. The summed E-state index contributed by atoms with van der Waals surface area (Å²) in [4.78, 5) is 0. The fraction of sp³-hybridized carbons (Fsp3) is 1.00. The van der Waals surface area contributed by atoms with Gasteiger partial charge in [-0.15, -0.1) is 0 Å². The Morgan fingerprint density at radius 1 is 1.25 bits per heavy atom. The third-order valence-electron chi connectivity index (χ3n) is 2.35. The first-order valence-electron chi connectivity index (χ1n) is 4.84. The molecule has 2 atom stereocenters. The van der Waals surface area contributed by atoms with Crippen molar-refractivity contribution in [2.75, 3.05) is 11.5 Å². The van der Waals surface area contributed by atoms with E-state index < -0.39 is 0 Å². The molecule has 12 heavy (non-hydrogen) atoms. The molecule has 0 amide bonds. The quantitative estimate of drug-likeness (QED) is 0.646. The molecular weight excluding hydrogens is 184 g/mol. The second kappa shape index (κ2) is 7.14. The van der Waals surface area contributed by atoms with Gasteiger partial charge in [0.25, 0.3) is 0 Å². The molecule has 0 rings (SSSR count). The van der Waals surface area contributed by atoms with Crippen LogP contribution in [0.2, 0.25) is 0 Å². The Morgan fingerprint density at radius 3 is 2.17 bits per heavy atom. The maximum absolute atomic E-state index is 4.37. The van der Waals surface area contributed by atoms with E-state index in [0.717, 1.165) is 22.8 Å². The van der Waals surface area contributed by atoms with Crippen LogP contribution in [-0.4, -0.2) is 16.8 Å². The predicted molar refractivity (Wildman–Crippen MR) is 64.4 cm³/mol. The molecule has 0 aliphatic rings. The summed E-state index contributed by atoms with van der Waals surface area (Å²) in [5.74, 6) is 3.86. The Balaban J connectivity index is 3.58. The molecule has 0 nitrogen and oxygen atoms in total. The maximum atomic E-state index is 4.37. The van der Waals surface area contributed by atoms with E-state index in [1.54, 1.807) is 0 Å². The van der Waals surface area contributed by atoms with Gasteiger partial charge in [0.1, 0.15) is 0 Å². The number of thioether (sulfide) groups is 1. The molecule has 0 spiro atoms. The first-order valence-corrected chi connectivity index (χ1v) is 6.52. The van der Waals surface area contributed by atoms with Gasteiger partial charge in [-0.2, -0.15) is 24.4 Å². The van der Waals surface area contributed by atoms with Crippen LogP contribution in [0.3, 0.4) is 0 Å². The number of hydrogen-bond donors (Lipinski definition) is 1. The molecule has 74 valence electrons. The minimum atomic E-state index is 0.777. The summed E-state index contributed by atoms with van der Waals surface area (Å²) in [7, 11) is 0.